The summed E-state index contributed by atoms with van der Waals surface area (Å²) < 4.78 is 0. The molecule has 0 aromatic carbocycles. The highest BCUT2D eigenvalue weighted by atomic mass is 15.2. The Morgan fingerprint density at radius 1 is 1.57 bits per heavy atom. The average Bonchev–Trinajstić information content (AvgIpc) is 2.22. The normalized spacial score (nSPS) is 26.1. The fourth-order valence-corrected chi connectivity index (χ4v) is 2.27. The van der Waals surface area contributed by atoms with Gasteiger partial charge in [-0.25, -0.2) is 0 Å². The second-order valence-electron chi connectivity index (χ2n) is 4.75. The van der Waals surface area contributed by atoms with Crippen molar-refractivity contribution in [3.63, 3.8) is 0 Å². The van der Waals surface area contributed by atoms with Crippen LogP contribution in [-0.4, -0.2) is 10.9 Å². The Balaban J connectivity index is 2.91. The smallest absolute Gasteiger partial charge is 0.0334 e. The van der Waals surface area contributed by atoms with Crippen LogP contribution in [0.4, 0.5) is 0 Å². The fourth-order valence-electron chi connectivity index (χ4n) is 2.27. The van der Waals surface area contributed by atoms with Crippen molar-refractivity contribution in [2.45, 2.75) is 40.2 Å². The molecule has 14 heavy (non-hydrogen) atoms. The number of nitrogens with zero attached hydrogens (tertiary/aromatic N) is 1. The predicted molar refractivity (Wildman–Crippen MR) is 62.8 cm³/mol. The van der Waals surface area contributed by atoms with Crippen LogP contribution in [-0.2, 0) is 0 Å². The van der Waals surface area contributed by atoms with Crippen LogP contribution in [0.5, 0.6) is 0 Å². The average molecular weight is 191 g/mol. The van der Waals surface area contributed by atoms with Crippen molar-refractivity contribution in [2.75, 3.05) is 0 Å². The zero-order valence-corrected chi connectivity index (χ0v) is 9.80. The van der Waals surface area contributed by atoms with Crippen LogP contribution in [0.1, 0.15) is 34.1 Å². The molecule has 0 spiro atoms. The Morgan fingerprint density at radius 2 is 2.14 bits per heavy atom. The number of hydrogen-bond donors (Lipinski definition) is 0. The zero-order chi connectivity index (χ0) is 10.9. The van der Waals surface area contributed by atoms with Gasteiger partial charge in [0.1, 0.15) is 0 Å². The quantitative estimate of drug-likeness (QED) is 0.601. The second kappa shape index (κ2) is 3.64. The SMILES string of the molecule is C=C(/C=C/C)N1C(=C)C(C)(C)C[C@H]1C. The summed E-state index contributed by atoms with van der Waals surface area (Å²) in [5.74, 6) is 0. The van der Waals surface area contributed by atoms with E-state index in [2.05, 4.69) is 38.8 Å². The Morgan fingerprint density at radius 3 is 2.50 bits per heavy atom. The van der Waals surface area contributed by atoms with E-state index in [0.29, 0.717) is 6.04 Å². The molecule has 0 aromatic heterocycles. The van der Waals surface area contributed by atoms with Crippen LogP contribution in [0.2, 0.25) is 0 Å². The van der Waals surface area contributed by atoms with Crippen molar-refractivity contribution >= 4 is 0 Å². The van der Waals surface area contributed by atoms with Crippen molar-refractivity contribution in [1.82, 2.24) is 4.90 Å². The molecule has 1 aliphatic heterocycles. The monoisotopic (exact) mass is 191 g/mol. The highest BCUT2D eigenvalue weighted by molar-refractivity contribution is 5.26. The molecule has 1 fully saturated rings. The van der Waals surface area contributed by atoms with Crippen molar-refractivity contribution in [2.24, 2.45) is 5.41 Å². The van der Waals surface area contributed by atoms with E-state index in [-0.39, 0.29) is 5.41 Å². The Bertz CT molecular complexity index is 284. The summed E-state index contributed by atoms with van der Waals surface area (Å²) in [6, 6.07) is 0.515. The molecule has 0 radical (unpaired) electrons. The summed E-state index contributed by atoms with van der Waals surface area (Å²) in [7, 11) is 0. The molecule has 1 heterocycles. The van der Waals surface area contributed by atoms with E-state index >= 15 is 0 Å². The Hall–Kier alpha value is -0.980. The molecule has 0 amide bonds. The minimum absolute atomic E-state index is 0.212. The first-order valence-corrected chi connectivity index (χ1v) is 5.20. The minimum Gasteiger partial charge on any atom is -0.343 e. The standard InChI is InChI=1S/C13H21N/c1-7-8-10(2)14-11(3)9-13(5,6)12(14)4/h7-8,11H,2,4,9H2,1,3,5-6H3/b8-7+/t11-/m1/s1. The first-order valence-electron chi connectivity index (χ1n) is 5.20. The highest BCUT2D eigenvalue weighted by Gasteiger charge is 2.38. The molecule has 1 aliphatic rings. The third kappa shape index (κ3) is 1.77. The third-order valence-electron chi connectivity index (χ3n) is 2.99. The van der Waals surface area contributed by atoms with Gasteiger partial charge < -0.3 is 4.90 Å². The van der Waals surface area contributed by atoms with Crippen LogP contribution in [0, 0.1) is 5.41 Å². The topological polar surface area (TPSA) is 3.24 Å². The summed E-state index contributed by atoms with van der Waals surface area (Å²) in [5, 5.41) is 0. The first kappa shape index (κ1) is 11.1. The van der Waals surface area contributed by atoms with Crippen molar-refractivity contribution < 1.29 is 0 Å². The summed E-state index contributed by atoms with van der Waals surface area (Å²) in [5.41, 5.74) is 2.45. The van der Waals surface area contributed by atoms with E-state index in [9.17, 15) is 0 Å². The van der Waals surface area contributed by atoms with Gasteiger partial charge in [-0.15, -0.1) is 0 Å². The molecule has 0 unspecified atom stereocenters. The first-order chi connectivity index (χ1) is 6.40. The van der Waals surface area contributed by atoms with E-state index in [1.807, 2.05) is 19.1 Å². The molecule has 0 aliphatic carbocycles. The molecule has 1 atom stereocenters. The molecule has 78 valence electrons. The summed E-state index contributed by atoms with van der Waals surface area (Å²) in [4.78, 5) is 2.25. The predicted octanol–water partition coefficient (Wildman–Crippen LogP) is 3.71. The van der Waals surface area contributed by atoms with Gasteiger partial charge in [0.25, 0.3) is 0 Å². The molecule has 1 rings (SSSR count). The van der Waals surface area contributed by atoms with Gasteiger partial charge in [0.2, 0.25) is 0 Å². The Kier molecular flexibility index (Phi) is 2.89. The van der Waals surface area contributed by atoms with Gasteiger partial charge in [-0.3, -0.25) is 0 Å². The zero-order valence-electron chi connectivity index (χ0n) is 9.80. The van der Waals surface area contributed by atoms with Crippen molar-refractivity contribution in [3.05, 3.63) is 36.7 Å². The van der Waals surface area contributed by atoms with E-state index < -0.39 is 0 Å². The lowest BCUT2D eigenvalue weighted by atomic mass is 9.88. The van der Waals surface area contributed by atoms with Gasteiger partial charge in [-0.1, -0.05) is 33.1 Å². The molecular formula is C13H21N. The molecule has 0 bridgehead atoms. The van der Waals surface area contributed by atoms with Gasteiger partial charge in [-0.05, 0) is 26.3 Å². The summed E-state index contributed by atoms with van der Waals surface area (Å²) in [6.45, 7) is 17.0. The van der Waals surface area contributed by atoms with Crippen LogP contribution in [0.15, 0.2) is 36.7 Å². The van der Waals surface area contributed by atoms with Gasteiger partial charge in [0.05, 0.1) is 0 Å². The van der Waals surface area contributed by atoms with Crippen LogP contribution < -0.4 is 0 Å². The van der Waals surface area contributed by atoms with E-state index in [4.69, 9.17) is 0 Å². The molecular weight excluding hydrogens is 170 g/mol. The lowest BCUT2D eigenvalue weighted by Crippen LogP contribution is -2.23. The largest absolute Gasteiger partial charge is 0.343 e. The van der Waals surface area contributed by atoms with Crippen LogP contribution in [0.3, 0.4) is 0 Å². The molecule has 0 aromatic rings. The van der Waals surface area contributed by atoms with E-state index in [1.54, 1.807) is 0 Å². The van der Waals surface area contributed by atoms with E-state index in [0.717, 1.165) is 12.1 Å². The summed E-state index contributed by atoms with van der Waals surface area (Å²) >= 11 is 0. The van der Waals surface area contributed by atoms with Gasteiger partial charge >= 0.3 is 0 Å². The molecule has 1 nitrogen and oxygen atoms in total. The fraction of sp³-hybridized carbons (Fsp3) is 0.538. The number of hydrogen-bond acceptors (Lipinski definition) is 1. The number of likely N-dealkylation sites (tertiary alicyclic amines) is 1. The summed E-state index contributed by atoms with van der Waals surface area (Å²) in [6.07, 6.45) is 5.22. The van der Waals surface area contributed by atoms with Gasteiger partial charge in [-0.2, -0.15) is 0 Å². The number of allylic oxidation sites excluding steroid dienone is 3. The second-order valence-corrected chi connectivity index (χ2v) is 4.75. The molecule has 0 saturated carbocycles. The maximum atomic E-state index is 4.17. The van der Waals surface area contributed by atoms with Crippen molar-refractivity contribution in [1.29, 1.82) is 0 Å². The van der Waals surface area contributed by atoms with Gasteiger partial charge in [0, 0.05) is 22.9 Å². The lowest BCUT2D eigenvalue weighted by molar-refractivity contribution is 0.397. The highest BCUT2D eigenvalue weighted by Crippen LogP contribution is 2.43. The van der Waals surface area contributed by atoms with Crippen molar-refractivity contribution in [3.8, 4) is 0 Å². The van der Waals surface area contributed by atoms with Crippen LogP contribution >= 0.6 is 0 Å². The maximum absolute atomic E-state index is 4.17. The minimum atomic E-state index is 0.212. The molecule has 0 N–H and O–H groups in total. The lowest BCUT2D eigenvalue weighted by Gasteiger charge is -2.27. The molecule has 1 heteroatoms. The van der Waals surface area contributed by atoms with Gasteiger partial charge in [0.15, 0.2) is 0 Å². The molecule has 1 saturated heterocycles. The Labute approximate surface area is 87.8 Å². The van der Waals surface area contributed by atoms with E-state index in [1.165, 1.54) is 5.70 Å². The number of rotatable bonds is 2. The van der Waals surface area contributed by atoms with Crippen LogP contribution in [0.25, 0.3) is 0 Å². The third-order valence-corrected chi connectivity index (χ3v) is 2.99. The maximum Gasteiger partial charge on any atom is 0.0334 e.